The van der Waals surface area contributed by atoms with Crippen LogP contribution in [0.4, 0.5) is 0 Å². The van der Waals surface area contributed by atoms with E-state index in [1.807, 2.05) is 6.07 Å². The number of nitrogens with one attached hydrogen (secondary N) is 1. The average Bonchev–Trinajstić information content (AvgIpc) is 2.69. The summed E-state index contributed by atoms with van der Waals surface area (Å²) in [6.07, 6.45) is 13.7. The molecule has 0 aliphatic heterocycles. The molecule has 2 atom stereocenters. The van der Waals surface area contributed by atoms with Gasteiger partial charge in [0.15, 0.2) is 0 Å². The molecule has 2 aliphatic carbocycles. The quantitative estimate of drug-likeness (QED) is 0.578. The van der Waals surface area contributed by atoms with Crippen LogP contribution in [0.1, 0.15) is 101 Å². The normalized spacial score (nSPS) is 22.3. The summed E-state index contributed by atoms with van der Waals surface area (Å²) in [6, 6.07) is 6.81. The summed E-state index contributed by atoms with van der Waals surface area (Å²) in [5.41, 5.74) is 2.24. The highest BCUT2D eigenvalue weighted by atomic mass is 35.5. The van der Waals surface area contributed by atoms with Gasteiger partial charge in [0, 0.05) is 11.1 Å². The fourth-order valence-corrected chi connectivity index (χ4v) is 5.25. The van der Waals surface area contributed by atoms with Crippen molar-refractivity contribution in [1.82, 2.24) is 5.32 Å². The van der Waals surface area contributed by atoms with E-state index in [9.17, 15) is 5.11 Å². The molecule has 146 valence electrons. The molecule has 0 amide bonds. The van der Waals surface area contributed by atoms with Crippen LogP contribution in [-0.4, -0.2) is 17.7 Å². The van der Waals surface area contributed by atoms with E-state index in [0.29, 0.717) is 12.0 Å². The van der Waals surface area contributed by atoms with Crippen molar-refractivity contribution in [3.05, 3.63) is 34.3 Å². The van der Waals surface area contributed by atoms with Gasteiger partial charge in [-0.05, 0) is 74.6 Å². The summed E-state index contributed by atoms with van der Waals surface area (Å²) in [6.45, 7) is 3.17. The van der Waals surface area contributed by atoms with Crippen LogP contribution < -0.4 is 5.32 Å². The van der Waals surface area contributed by atoms with Crippen molar-refractivity contribution in [1.29, 1.82) is 0 Å². The minimum atomic E-state index is -0.432. The SMILES string of the molecule is CC(NCCC(O)c1ccc(C2CCCCC2)c(Cl)c1)C1CCCCC1. The molecule has 2 unspecified atom stereocenters. The molecule has 0 aromatic heterocycles. The lowest BCUT2D eigenvalue weighted by molar-refractivity contribution is 0.162. The van der Waals surface area contributed by atoms with Gasteiger partial charge in [-0.25, -0.2) is 0 Å². The van der Waals surface area contributed by atoms with Crippen molar-refractivity contribution in [3.8, 4) is 0 Å². The molecule has 2 N–H and O–H groups in total. The van der Waals surface area contributed by atoms with Gasteiger partial charge in [0.25, 0.3) is 0 Å². The lowest BCUT2D eigenvalue weighted by Gasteiger charge is -2.28. The van der Waals surface area contributed by atoms with E-state index in [4.69, 9.17) is 11.6 Å². The highest BCUT2D eigenvalue weighted by Crippen LogP contribution is 2.37. The molecule has 2 fully saturated rings. The van der Waals surface area contributed by atoms with Crippen LogP contribution in [0.3, 0.4) is 0 Å². The molecular formula is C23H36ClNO. The number of aliphatic hydroxyl groups excluding tert-OH is 1. The first kappa shape index (κ1) is 20.2. The standard InChI is InChI=1S/C23H36ClNO/c1-17(18-8-4-2-5-9-18)25-15-14-23(26)20-12-13-21(22(24)16-20)19-10-6-3-7-11-19/h12-13,16-19,23,25-26H,2-11,14-15H2,1H3. The second-order valence-corrected chi connectivity index (χ2v) is 8.97. The van der Waals surface area contributed by atoms with Crippen molar-refractivity contribution < 1.29 is 5.11 Å². The van der Waals surface area contributed by atoms with Crippen LogP contribution in [0.15, 0.2) is 18.2 Å². The Kier molecular flexibility index (Phi) is 7.84. The van der Waals surface area contributed by atoms with Crippen molar-refractivity contribution in [2.24, 2.45) is 5.92 Å². The van der Waals surface area contributed by atoms with Crippen LogP contribution in [0.5, 0.6) is 0 Å². The van der Waals surface area contributed by atoms with E-state index in [1.54, 1.807) is 0 Å². The highest BCUT2D eigenvalue weighted by molar-refractivity contribution is 6.31. The first-order chi connectivity index (χ1) is 12.6. The molecule has 0 spiro atoms. The average molecular weight is 378 g/mol. The molecule has 0 saturated heterocycles. The van der Waals surface area contributed by atoms with Gasteiger partial charge in [-0.15, -0.1) is 0 Å². The molecule has 2 saturated carbocycles. The lowest BCUT2D eigenvalue weighted by Crippen LogP contribution is -2.35. The molecule has 0 radical (unpaired) electrons. The number of hydrogen-bond acceptors (Lipinski definition) is 2. The minimum Gasteiger partial charge on any atom is -0.388 e. The maximum absolute atomic E-state index is 10.6. The molecule has 26 heavy (non-hydrogen) atoms. The highest BCUT2D eigenvalue weighted by Gasteiger charge is 2.21. The third kappa shape index (κ3) is 5.47. The number of aliphatic hydroxyl groups is 1. The Hall–Kier alpha value is -0.570. The van der Waals surface area contributed by atoms with Crippen LogP contribution in [0, 0.1) is 5.92 Å². The Balaban J connectivity index is 1.48. The van der Waals surface area contributed by atoms with Crippen molar-refractivity contribution in [2.45, 2.75) is 95.6 Å². The molecule has 3 rings (SSSR count). The Morgan fingerprint density at radius 2 is 1.69 bits per heavy atom. The minimum absolute atomic E-state index is 0.432. The van der Waals surface area contributed by atoms with E-state index in [-0.39, 0.29) is 0 Å². The second kappa shape index (κ2) is 10.1. The predicted octanol–water partition coefficient (Wildman–Crippen LogP) is 6.37. The number of benzene rings is 1. The Morgan fingerprint density at radius 1 is 1.04 bits per heavy atom. The van der Waals surface area contributed by atoms with Crippen LogP contribution >= 0.6 is 11.6 Å². The fraction of sp³-hybridized carbons (Fsp3) is 0.739. The molecule has 2 aliphatic rings. The van der Waals surface area contributed by atoms with Crippen LogP contribution in [0.25, 0.3) is 0 Å². The Labute approximate surface area is 164 Å². The molecule has 1 aromatic carbocycles. The van der Waals surface area contributed by atoms with Gasteiger partial charge in [0.05, 0.1) is 6.10 Å². The van der Waals surface area contributed by atoms with Gasteiger partial charge in [-0.2, -0.15) is 0 Å². The number of halogens is 1. The maximum Gasteiger partial charge on any atom is 0.0802 e. The molecule has 0 heterocycles. The van der Waals surface area contributed by atoms with E-state index < -0.39 is 6.10 Å². The van der Waals surface area contributed by atoms with E-state index in [2.05, 4.69) is 24.4 Å². The topological polar surface area (TPSA) is 32.3 Å². The summed E-state index contributed by atoms with van der Waals surface area (Å²) in [5, 5.41) is 15.1. The smallest absolute Gasteiger partial charge is 0.0802 e. The fourth-order valence-electron chi connectivity index (χ4n) is 4.91. The predicted molar refractivity (Wildman–Crippen MR) is 111 cm³/mol. The molecule has 3 heteroatoms. The van der Waals surface area contributed by atoms with Gasteiger partial charge in [-0.3, -0.25) is 0 Å². The van der Waals surface area contributed by atoms with Gasteiger partial charge in [0.1, 0.15) is 0 Å². The van der Waals surface area contributed by atoms with Crippen molar-refractivity contribution in [3.63, 3.8) is 0 Å². The zero-order chi connectivity index (χ0) is 18.4. The Bertz CT molecular complexity index is 549. The summed E-state index contributed by atoms with van der Waals surface area (Å²) < 4.78 is 0. The molecule has 2 nitrogen and oxygen atoms in total. The summed E-state index contributed by atoms with van der Waals surface area (Å²) >= 11 is 6.57. The Morgan fingerprint density at radius 3 is 2.35 bits per heavy atom. The van der Waals surface area contributed by atoms with E-state index in [1.165, 1.54) is 69.8 Å². The van der Waals surface area contributed by atoms with Crippen molar-refractivity contribution >= 4 is 11.6 Å². The first-order valence-electron chi connectivity index (χ1n) is 10.9. The summed E-state index contributed by atoms with van der Waals surface area (Å²) in [7, 11) is 0. The zero-order valence-electron chi connectivity index (χ0n) is 16.4. The molecule has 0 bridgehead atoms. The molecular weight excluding hydrogens is 342 g/mol. The van der Waals surface area contributed by atoms with Crippen LogP contribution in [-0.2, 0) is 0 Å². The lowest BCUT2D eigenvalue weighted by atomic mass is 9.83. The zero-order valence-corrected chi connectivity index (χ0v) is 17.1. The first-order valence-corrected chi connectivity index (χ1v) is 11.2. The monoisotopic (exact) mass is 377 g/mol. The summed E-state index contributed by atoms with van der Waals surface area (Å²) in [5.74, 6) is 1.42. The second-order valence-electron chi connectivity index (χ2n) is 8.56. The van der Waals surface area contributed by atoms with Gasteiger partial charge < -0.3 is 10.4 Å². The van der Waals surface area contributed by atoms with Gasteiger partial charge in [0.2, 0.25) is 0 Å². The largest absolute Gasteiger partial charge is 0.388 e. The van der Waals surface area contributed by atoms with Gasteiger partial charge in [-0.1, -0.05) is 62.3 Å². The number of hydrogen-bond donors (Lipinski definition) is 2. The van der Waals surface area contributed by atoms with Gasteiger partial charge >= 0.3 is 0 Å². The summed E-state index contributed by atoms with van der Waals surface area (Å²) in [4.78, 5) is 0. The third-order valence-corrected chi connectivity index (χ3v) is 7.02. The van der Waals surface area contributed by atoms with Crippen molar-refractivity contribution in [2.75, 3.05) is 6.54 Å². The maximum atomic E-state index is 10.6. The number of rotatable bonds is 7. The third-order valence-electron chi connectivity index (χ3n) is 6.70. The van der Waals surface area contributed by atoms with E-state index >= 15 is 0 Å². The van der Waals surface area contributed by atoms with Crippen LogP contribution in [0.2, 0.25) is 5.02 Å². The van der Waals surface area contributed by atoms with E-state index in [0.717, 1.165) is 29.5 Å². The molecule has 1 aromatic rings.